The second-order valence-corrected chi connectivity index (χ2v) is 6.93. The van der Waals surface area contributed by atoms with E-state index in [4.69, 9.17) is 21.2 Å². The van der Waals surface area contributed by atoms with E-state index < -0.39 is 0 Å². The molecular formula is C15H19ClN2O2S. The van der Waals surface area contributed by atoms with Crippen LogP contribution in [0.15, 0.2) is 28.8 Å². The Kier molecular flexibility index (Phi) is 6.08. The maximum Gasteiger partial charge on any atom is 0.239 e. The molecule has 2 unspecified atom stereocenters. The van der Waals surface area contributed by atoms with Gasteiger partial charge in [-0.25, -0.2) is 0 Å². The van der Waals surface area contributed by atoms with Gasteiger partial charge in [-0.1, -0.05) is 35.8 Å². The quantitative estimate of drug-likeness (QED) is 0.840. The lowest BCUT2D eigenvalue weighted by Gasteiger charge is -2.09. The van der Waals surface area contributed by atoms with Crippen molar-refractivity contribution in [1.29, 1.82) is 0 Å². The van der Waals surface area contributed by atoms with Gasteiger partial charge < -0.3 is 9.63 Å². The van der Waals surface area contributed by atoms with E-state index in [1.165, 1.54) is 0 Å². The molecule has 0 amide bonds. The monoisotopic (exact) mass is 326 g/mol. The summed E-state index contributed by atoms with van der Waals surface area (Å²) < 4.78 is 5.32. The lowest BCUT2D eigenvalue weighted by Crippen LogP contribution is -2.05. The van der Waals surface area contributed by atoms with Gasteiger partial charge in [0.05, 0.1) is 5.25 Å². The van der Waals surface area contributed by atoms with Gasteiger partial charge in [0, 0.05) is 18.1 Å². The van der Waals surface area contributed by atoms with Crippen LogP contribution < -0.4 is 0 Å². The van der Waals surface area contributed by atoms with Crippen molar-refractivity contribution in [3.8, 4) is 0 Å². The van der Waals surface area contributed by atoms with Gasteiger partial charge in [-0.15, -0.1) is 11.8 Å². The molecule has 114 valence electrons. The van der Waals surface area contributed by atoms with E-state index in [2.05, 4.69) is 10.1 Å². The molecule has 0 aliphatic heterocycles. The Morgan fingerprint density at radius 3 is 2.67 bits per heavy atom. The number of hydrogen-bond acceptors (Lipinski definition) is 5. The number of hydrogen-bond donors (Lipinski definition) is 1. The number of halogens is 1. The molecule has 0 saturated heterocycles. The lowest BCUT2D eigenvalue weighted by atomic mass is 10.1. The van der Waals surface area contributed by atoms with Gasteiger partial charge >= 0.3 is 0 Å². The standard InChI is InChI=1S/C15H19ClN2O2S/c1-10(8-19)9-21-11(2)15-17-14(18-20-15)7-12-3-5-13(16)6-4-12/h3-6,10-11,19H,7-9H2,1-2H3. The average Bonchev–Trinajstić information content (AvgIpc) is 2.95. The molecule has 1 aromatic heterocycles. The zero-order valence-electron chi connectivity index (χ0n) is 12.1. The number of thioether (sulfide) groups is 1. The summed E-state index contributed by atoms with van der Waals surface area (Å²) in [5.74, 6) is 2.45. The van der Waals surface area contributed by atoms with Crippen LogP contribution in [-0.2, 0) is 6.42 Å². The third-order valence-electron chi connectivity index (χ3n) is 3.05. The molecule has 0 fully saturated rings. The Morgan fingerprint density at radius 1 is 1.29 bits per heavy atom. The van der Waals surface area contributed by atoms with Gasteiger partial charge in [-0.3, -0.25) is 0 Å². The van der Waals surface area contributed by atoms with Gasteiger partial charge in [-0.2, -0.15) is 4.98 Å². The molecule has 1 heterocycles. The van der Waals surface area contributed by atoms with Crippen LogP contribution in [0.4, 0.5) is 0 Å². The van der Waals surface area contributed by atoms with Crippen molar-refractivity contribution >= 4 is 23.4 Å². The predicted octanol–water partition coefficient (Wildman–Crippen LogP) is 3.74. The summed E-state index contributed by atoms with van der Waals surface area (Å²) in [6, 6.07) is 7.62. The summed E-state index contributed by atoms with van der Waals surface area (Å²) >= 11 is 7.57. The molecule has 0 spiro atoms. The smallest absolute Gasteiger partial charge is 0.239 e. The number of aromatic nitrogens is 2. The number of aliphatic hydroxyl groups excluding tert-OH is 1. The Hall–Kier alpha value is -1.04. The Morgan fingerprint density at radius 2 is 2.00 bits per heavy atom. The molecule has 21 heavy (non-hydrogen) atoms. The van der Waals surface area contributed by atoms with E-state index in [1.807, 2.05) is 38.1 Å². The summed E-state index contributed by atoms with van der Waals surface area (Å²) in [7, 11) is 0. The molecule has 2 atom stereocenters. The molecular weight excluding hydrogens is 308 g/mol. The highest BCUT2D eigenvalue weighted by atomic mass is 35.5. The van der Waals surface area contributed by atoms with Crippen molar-refractivity contribution in [2.45, 2.75) is 25.5 Å². The SMILES string of the molecule is CC(CO)CSC(C)c1nc(Cc2ccc(Cl)cc2)no1. The van der Waals surface area contributed by atoms with Crippen LogP contribution in [0.1, 0.15) is 36.4 Å². The van der Waals surface area contributed by atoms with Gasteiger partial charge in [-0.05, 0) is 36.3 Å². The maximum absolute atomic E-state index is 9.03. The van der Waals surface area contributed by atoms with Crippen LogP contribution >= 0.6 is 23.4 Å². The molecule has 6 heteroatoms. The molecule has 1 N–H and O–H groups in total. The fraction of sp³-hybridized carbons (Fsp3) is 0.467. The Bertz CT molecular complexity index is 559. The zero-order chi connectivity index (χ0) is 15.2. The second kappa shape index (κ2) is 7.82. The van der Waals surface area contributed by atoms with Crippen LogP contribution in [0.2, 0.25) is 5.02 Å². The highest BCUT2D eigenvalue weighted by Crippen LogP contribution is 2.28. The summed E-state index contributed by atoms with van der Waals surface area (Å²) in [5, 5.41) is 13.9. The fourth-order valence-electron chi connectivity index (χ4n) is 1.72. The number of aliphatic hydroxyl groups is 1. The van der Waals surface area contributed by atoms with Crippen LogP contribution in [0.5, 0.6) is 0 Å². The molecule has 0 saturated carbocycles. The summed E-state index contributed by atoms with van der Waals surface area (Å²) in [4.78, 5) is 4.44. The number of nitrogens with zero attached hydrogens (tertiary/aromatic N) is 2. The van der Waals surface area contributed by atoms with E-state index in [0.29, 0.717) is 18.1 Å². The van der Waals surface area contributed by atoms with Crippen molar-refractivity contribution in [3.05, 3.63) is 46.6 Å². The number of rotatable bonds is 7. The summed E-state index contributed by atoms with van der Waals surface area (Å²) in [6.45, 7) is 4.25. The van der Waals surface area contributed by atoms with E-state index in [-0.39, 0.29) is 17.8 Å². The first-order valence-electron chi connectivity index (χ1n) is 6.88. The third-order valence-corrected chi connectivity index (χ3v) is 4.76. The van der Waals surface area contributed by atoms with E-state index in [0.717, 1.165) is 16.3 Å². The van der Waals surface area contributed by atoms with Crippen molar-refractivity contribution in [2.75, 3.05) is 12.4 Å². The van der Waals surface area contributed by atoms with Gasteiger partial charge in [0.15, 0.2) is 5.82 Å². The molecule has 4 nitrogen and oxygen atoms in total. The molecule has 0 radical (unpaired) electrons. The minimum atomic E-state index is 0.130. The normalized spacial score (nSPS) is 14.1. The Balaban J connectivity index is 1.92. The molecule has 0 aliphatic carbocycles. The minimum absolute atomic E-state index is 0.130. The van der Waals surface area contributed by atoms with Crippen molar-refractivity contribution in [3.63, 3.8) is 0 Å². The summed E-state index contributed by atoms with van der Waals surface area (Å²) in [6.07, 6.45) is 0.630. The highest BCUT2D eigenvalue weighted by Gasteiger charge is 2.16. The van der Waals surface area contributed by atoms with E-state index >= 15 is 0 Å². The van der Waals surface area contributed by atoms with E-state index in [9.17, 15) is 0 Å². The van der Waals surface area contributed by atoms with Crippen LogP contribution in [0.25, 0.3) is 0 Å². The predicted molar refractivity (Wildman–Crippen MR) is 85.7 cm³/mol. The van der Waals surface area contributed by atoms with Crippen LogP contribution in [0.3, 0.4) is 0 Å². The van der Waals surface area contributed by atoms with Crippen molar-refractivity contribution in [2.24, 2.45) is 5.92 Å². The largest absolute Gasteiger partial charge is 0.396 e. The van der Waals surface area contributed by atoms with Gasteiger partial charge in [0.2, 0.25) is 5.89 Å². The molecule has 2 aromatic rings. The molecule has 1 aromatic carbocycles. The van der Waals surface area contributed by atoms with Crippen LogP contribution in [-0.4, -0.2) is 27.6 Å². The lowest BCUT2D eigenvalue weighted by molar-refractivity contribution is 0.250. The first kappa shape index (κ1) is 16.3. The number of benzene rings is 1. The van der Waals surface area contributed by atoms with Gasteiger partial charge in [0.1, 0.15) is 0 Å². The molecule has 0 bridgehead atoms. The molecule has 2 rings (SSSR count). The van der Waals surface area contributed by atoms with Gasteiger partial charge in [0.25, 0.3) is 0 Å². The average molecular weight is 327 g/mol. The van der Waals surface area contributed by atoms with Crippen molar-refractivity contribution in [1.82, 2.24) is 10.1 Å². The third kappa shape index (κ3) is 5.02. The summed E-state index contributed by atoms with van der Waals surface area (Å²) in [5.41, 5.74) is 1.10. The maximum atomic E-state index is 9.03. The second-order valence-electron chi connectivity index (χ2n) is 5.12. The first-order chi connectivity index (χ1) is 10.1. The van der Waals surface area contributed by atoms with E-state index in [1.54, 1.807) is 11.8 Å². The zero-order valence-corrected chi connectivity index (χ0v) is 13.7. The first-order valence-corrected chi connectivity index (χ1v) is 8.30. The topological polar surface area (TPSA) is 59.2 Å². The highest BCUT2D eigenvalue weighted by molar-refractivity contribution is 7.99. The minimum Gasteiger partial charge on any atom is -0.396 e. The van der Waals surface area contributed by atoms with Crippen molar-refractivity contribution < 1.29 is 9.63 Å². The van der Waals surface area contributed by atoms with Crippen LogP contribution in [0, 0.1) is 5.92 Å². The fourth-order valence-corrected chi connectivity index (χ4v) is 2.81. The molecule has 0 aliphatic rings. The Labute approximate surface area is 133 Å².